The molecule has 0 fully saturated rings. The fraction of sp³-hybridized carbons (Fsp3) is 0.333. The molecule has 19 heavy (non-hydrogen) atoms. The van der Waals surface area contributed by atoms with Gasteiger partial charge in [0.1, 0.15) is 0 Å². The van der Waals surface area contributed by atoms with E-state index < -0.39 is 5.97 Å². The summed E-state index contributed by atoms with van der Waals surface area (Å²) in [7, 11) is 1.58. The quantitative estimate of drug-likeness (QED) is 0.826. The van der Waals surface area contributed by atoms with E-state index in [1.165, 1.54) is 11.1 Å². The molecule has 1 heterocycles. The van der Waals surface area contributed by atoms with Gasteiger partial charge in [0, 0.05) is 13.6 Å². The van der Waals surface area contributed by atoms with Crippen LogP contribution < -0.4 is 5.32 Å². The number of aliphatic carboxylic acids is 1. The Morgan fingerprint density at radius 1 is 1.53 bits per heavy atom. The number of rotatable bonds is 5. The number of carboxylic acids is 1. The average molecular weight is 262 g/mol. The molecule has 7 heteroatoms. The SMILES string of the molecule is CN(CCC#N)C(=O)Nc1ccc(CC(=O)O)nc1. The lowest BCUT2D eigenvalue weighted by atomic mass is 10.2. The van der Waals surface area contributed by atoms with Crippen LogP contribution in [-0.2, 0) is 11.2 Å². The molecule has 0 aliphatic carbocycles. The molecular formula is C12H14N4O3. The summed E-state index contributed by atoms with van der Waals surface area (Å²) in [5, 5.41) is 19.6. The van der Waals surface area contributed by atoms with Gasteiger partial charge in [-0.3, -0.25) is 9.78 Å². The summed E-state index contributed by atoms with van der Waals surface area (Å²) < 4.78 is 0. The number of urea groups is 1. The number of nitriles is 1. The first-order chi connectivity index (χ1) is 9.02. The fourth-order valence-electron chi connectivity index (χ4n) is 1.30. The summed E-state index contributed by atoms with van der Waals surface area (Å²) in [5.41, 5.74) is 0.895. The highest BCUT2D eigenvalue weighted by Crippen LogP contribution is 2.07. The maximum atomic E-state index is 11.7. The molecule has 0 aliphatic rings. The van der Waals surface area contributed by atoms with Gasteiger partial charge in [-0.2, -0.15) is 5.26 Å². The Balaban J connectivity index is 2.55. The summed E-state index contributed by atoms with van der Waals surface area (Å²) in [6, 6.07) is 4.73. The number of nitrogens with zero attached hydrogens (tertiary/aromatic N) is 3. The van der Waals surface area contributed by atoms with Crippen molar-refractivity contribution in [3.05, 3.63) is 24.0 Å². The van der Waals surface area contributed by atoms with Crippen molar-refractivity contribution in [3.8, 4) is 6.07 Å². The van der Waals surface area contributed by atoms with Crippen LogP contribution in [0.15, 0.2) is 18.3 Å². The maximum absolute atomic E-state index is 11.7. The fourth-order valence-corrected chi connectivity index (χ4v) is 1.30. The van der Waals surface area contributed by atoms with Crippen molar-refractivity contribution in [1.29, 1.82) is 5.26 Å². The van der Waals surface area contributed by atoms with Crippen LogP contribution in [0, 0.1) is 11.3 Å². The summed E-state index contributed by atoms with van der Waals surface area (Å²) in [5.74, 6) is -0.958. The lowest BCUT2D eigenvalue weighted by Crippen LogP contribution is -2.32. The lowest BCUT2D eigenvalue weighted by molar-refractivity contribution is -0.136. The third-order valence-corrected chi connectivity index (χ3v) is 2.31. The van der Waals surface area contributed by atoms with E-state index in [-0.39, 0.29) is 18.9 Å². The highest BCUT2D eigenvalue weighted by atomic mass is 16.4. The number of carboxylic acid groups (broad SMARTS) is 1. The molecule has 1 aromatic rings. The highest BCUT2D eigenvalue weighted by molar-refractivity contribution is 5.88. The van der Waals surface area contributed by atoms with Gasteiger partial charge in [-0.15, -0.1) is 0 Å². The van der Waals surface area contributed by atoms with Gasteiger partial charge in [0.15, 0.2) is 0 Å². The normalized spacial score (nSPS) is 9.47. The second kappa shape index (κ2) is 6.96. The van der Waals surface area contributed by atoms with Crippen molar-refractivity contribution < 1.29 is 14.7 Å². The minimum atomic E-state index is -0.958. The molecule has 2 N–H and O–H groups in total. The molecule has 0 bridgehead atoms. The van der Waals surface area contributed by atoms with Crippen molar-refractivity contribution in [2.75, 3.05) is 18.9 Å². The molecule has 7 nitrogen and oxygen atoms in total. The number of carbonyl (C=O) groups is 2. The van der Waals surface area contributed by atoms with E-state index in [9.17, 15) is 9.59 Å². The van der Waals surface area contributed by atoms with E-state index in [0.717, 1.165) is 0 Å². The monoisotopic (exact) mass is 262 g/mol. The van der Waals surface area contributed by atoms with E-state index >= 15 is 0 Å². The van der Waals surface area contributed by atoms with E-state index in [2.05, 4.69) is 10.3 Å². The molecule has 1 rings (SSSR count). The van der Waals surface area contributed by atoms with E-state index in [1.54, 1.807) is 19.2 Å². The average Bonchev–Trinajstić information content (AvgIpc) is 2.37. The van der Waals surface area contributed by atoms with Crippen molar-refractivity contribution in [3.63, 3.8) is 0 Å². The Bertz CT molecular complexity index is 493. The zero-order valence-corrected chi connectivity index (χ0v) is 10.5. The van der Waals surface area contributed by atoms with Gasteiger partial charge in [0.25, 0.3) is 0 Å². The van der Waals surface area contributed by atoms with Gasteiger partial charge >= 0.3 is 12.0 Å². The largest absolute Gasteiger partial charge is 0.481 e. The van der Waals surface area contributed by atoms with Crippen LogP contribution in [0.5, 0.6) is 0 Å². The molecule has 2 amide bonds. The van der Waals surface area contributed by atoms with Gasteiger partial charge < -0.3 is 15.3 Å². The summed E-state index contributed by atoms with van der Waals surface area (Å²) in [6.07, 6.45) is 1.50. The highest BCUT2D eigenvalue weighted by Gasteiger charge is 2.08. The summed E-state index contributed by atoms with van der Waals surface area (Å²) in [4.78, 5) is 27.5. The van der Waals surface area contributed by atoms with Gasteiger partial charge in [0.05, 0.1) is 36.5 Å². The Morgan fingerprint density at radius 3 is 2.79 bits per heavy atom. The number of pyridine rings is 1. The maximum Gasteiger partial charge on any atom is 0.321 e. The molecule has 100 valence electrons. The summed E-state index contributed by atoms with van der Waals surface area (Å²) in [6.45, 7) is 0.340. The first kappa shape index (κ1) is 14.4. The predicted molar refractivity (Wildman–Crippen MR) is 67.5 cm³/mol. The molecule has 0 unspecified atom stereocenters. The second-order valence-corrected chi connectivity index (χ2v) is 3.87. The Morgan fingerprint density at radius 2 is 2.26 bits per heavy atom. The van der Waals surface area contributed by atoms with Crippen molar-refractivity contribution >= 4 is 17.7 Å². The van der Waals surface area contributed by atoms with Crippen LogP contribution in [0.1, 0.15) is 12.1 Å². The minimum absolute atomic E-state index is 0.156. The zero-order chi connectivity index (χ0) is 14.3. The molecule has 0 spiro atoms. The number of amides is 2. The van der Waals surface area contributed by atoms with Crippen LogP contribution in [0.2, 0.25) is 0 Å². The Kier molecular flexibility index (Phi) is 5.29. The van der Waals surface area contributed by atoms with E-state index in [4.69, 9.17) is 10.4 Å². The van der Waals surface area contributed by atoms with Crippen LogP contribution in [0.3, 0.4) is 0 Å². The second-order valence-electron chi connectivity index (χ2n) is 3.87. The third kappa shape index (κ3) is 5.04. The van der Waals surface area contributed by atoms with Crippen molar-refractivity contribution in [1.82, 2.24) is 9.88 Å². The number of hydrogen-bond acceptors (Lipinski definition) is 4. The first-order valence-corrected chi connectivity index (χ1v) is 5.58. The third-order valence-electron chi connectivity index (χ3n) is 2.31. The summed E-state index contributed by atoms with van der Waals surface area (Å²) >= 11 is 0. The number of nitrogens with one attached hydrogen (secondary N) is 1. The van der Waals surface area contributed by atoms with Crippen LogP contribution in [0.4, 0.5) is 10.5 Å². The standard InChI is InChI=1S/C12H14N4O3/c1-16(6-2-5-13)12(19)15-10-4-3-9(14-8-10)7-11(17)18/h3-4,8H,2,6-7H2,1H3,(H,15,19)(H,17,18). The van der Waals surface area contributed by atoms with Gasteiger partial charge in [-0.05, 0) is 12.1 Å². The number of anilines is 1. The number of carbonyl (C=O) groups excluding carboxylic acids is 1. The van der Waals surface area contributed by atoms with E-state index in [0.29, 0.717) is 17.9 Å². The van der Waals surface area contributed by atoms with Crippen LogP contribution in [-0.4, -0.2) is 40.6 Å². The lowest BCUT2D eigenvalue weighted by Gasteiger charge is -2.16. The predicted octanol–water partition coefficient (Wildman–Crippen LogP) is 1.09. The van der Waals surface area contributed by atoms with Gasteiger partial charge in [-0.1, -0.05) is 0 Å². The molecule has 0 saturated carbocycles. The molecule has 0 atom stereocenters. The number of hydrogen-bond donors (Lipinski definition) is 2. The smallest absolute Gasteiger partial charge is 0.321 e. The first-order valence-electron chi connectivity index (χ1n) is 5.58. The van der Waals surface area contributed by atoms with Crippen LogP contribution >= 0.6 is 0 Å². The van der Waals surface area contributed by atoms with E-state index in [1.807, 2.05) is 6.07 Å². The molecule has 0 saturated heterocycles. The Hall–Kier alpha value is -2.62. The molecule has 0 aliphatic heterocycles. The molecule has 0 aromatic carbocycles. The van der Waals surface area contributed by atoms with Crippen LogP contribution in [0.25, 0.3) is 0 Å². The number of aromatic nitrogens is 1. The molecular weight excluding hydrogens is 248 g/mol. The molecule has 0 radical (unpaired) electrons. The molecule has 1 aromatic heterocycles. The Labute approximate surface area is 110 Å². The zero-order valence-electron chi connectivity index (χ0n) is 10.5. The van der Waals surface area contributed by atoms with Crippen molar-refractivity contribution in [2.45, 2.75) is 12.8 Å². The topological polar surface area (TPSA) is 106 Å². The van der Waals surface area contributed by atoms with Gasteiger partial charge in [-0.25, -0.2) is 4.79 Å². The minimum Gasteiger partial charge on any atom is -0.481 e. The van der Waals surface area contributed by atoms with Crippen molar-refractivity contribution in [2.24, 2.45) is 0 Å². The van der Waals surface area contributed by atoms with Gasteiger partial charge in [0.2, 0.25) is 0 Å².